The van der Waals surface area contributed by atoms with E-state index in [0.717, 1.165) is 11.8 Å². The van der Waals surface area contributed by atoms with Crippen molar-refractivity contribution in [1.82, 2.24) is 0 Å². The van der Waals surface area contributed by atoms with Crippen LogP contribution in [0.15, 0.2) is 0 Å². The van der Waals surface area contributed by atoms with Crippen LogP contribution >= 0.6 is 0 Å². The Morgan fingerprint density at radius 2 is 0.882 bits per heavy atom. The van der Waals surface area contributed by atoms with Gasteiger partial charge in [0.15, 0.2) is 0 Å². The third-order valence-corrected chi connectivity index (χ3v) is 7.08. The molecule has 6 atom stereocenters. The van der Waals surface area contributed by atoms with Gasteiger partial charge in [-0.1, -0.05) is 32.1 Å². The maximum absolute atomic E-state index is 1.62. The topological polar surface area (TPSA) is 0 Å². The minimum atomic E-state index is 1.16. The highest BCUT2D eigenvalue weighted by atomic mass is 14.5. The van der Waals surface area contributed by atoms with Gasteiger partial charge in [-0.25, -0.2) is 0 Å². The van der Waals surface area contributed by atoms with Crippen LogP contribution in [0.1, 0.15) is 70.6 Å². The summed E-state index contributed by atoms with van der Waals surface area (Å²) < 4.78 is 0. The van der Waals surface area contributed by atoms with Crippen LogP contribution in [0.4, 0.5) is 0 Å². The second-order valence-electron chi connectivity index (χ2n) is 7.55. The number of fused-ring (bicyclic) bond motifs is 5. The predicted octanol–water partition coefficient (Wildman–Crippen LogP) is 5.03. The van der Waals surface area contributed by atoms with Crippen LogP contribution in [-0.4, -0.2) is 0 Å². The van der Waals surface area contributed by atoms with E-state index < -0.39 is 0 Å². The van der Waals surface area contributed by atoms with Crippen molar-refractivity contribution in [2.75, 3.05) is 0 Å². The Hall–Kier alpha value is 0. The van der Waals surface area contributed by atoms with Gasteiger partial charge >= 0.3 is 0 Å². The van der Waals surface area contributed by atoms with Crippen molar-refractivity contribution >= 4 is 0 Å². The lowest BCUT2D eigenvalue weighted by atomic mass is 9.54. The van der Waals surface area contributed by atoms with E-state index in [1.807, 2.05) is 0 Å². The molecule has 0 nitrogen and oxygen atoms in total. The molecule has 0 aromatic rings. The third kappa shape index (κ3) is 1.70. The smallest absolute Gasteiger partial charge is 0.0352 e. The summed E-state index contributed by atoms with van der Waals surface area (Å²) in [6.45, 7) is 0. The van der Waals surface area contributed by atoms with Gasteiger partial charge in [0.1, 0.15) is 0 Å². The van der Waals surface area contributed by atoms with Crippen molar-refractivity contribution < 1.29 is 0 Å². The highest BCUT2D eigenvalue weighted by molar-refractivity contribution is 4.98. The van der Waals surface area contributed by atoms with Gasteiger partial charge in [0, 0.05) is 0 Å². The number of rotatable bonds is 0. The average Bonchev–Trinajstić information content (AvgIpc) is 2.86. The summed E-state index contributed by atoms with van der Waals surface area (Å²) >= 11 is 0. The Labute approximate surface area is 107 Å². The Kier molecular flexibility index (Phi) is 2.74. The van der Waals surface area contributed by atoms with E-state index in [2.05, 4.69) is 0 Å². The SMILES string of the molecule is C1CC2CCC3C(CC[C@@H]4CCCC[C@H]34)C2C1. The molecule has 4 saturated carbocycles. The van der Waals surface area contributed by atoms with E-state index in [1.165, 1.54) is 23.7 Å². The Morgan fingerprint density at radius 3 is 1.59 bits per heavy atom. The summed E-state index contributed by atoms with van der Waals surface area (Å²) in [7, 11) is 0. The van der Waals surface area contributed by atoms with E-state index in [0.29, 0.717) is 0 Å². The van der Waals surface area contributed by atoms with Crippen LogP contribution < -0.4 is 0 Å². The van der Waals surface area contributed by atoms with Crippen LogP contribution in [-0.2, 0) is 0 Å². The van der Waals surface area contributed by atoms with Crippen LogP contribution in [0.25, 0.3) is 0 Å². The zero-order valence-electron chi connectivity index (χ0n) is 11.2. The molecule has 0 heteroatoms. The van der Waals surface area contributed by atoms with Gasteiger partial charge in [-0.15, -0.1) is 0 Å². The van der Waals surface area contributed by atoms with Crippen molar-refractivity contribution in [1.29, 1.82) is 0 Å². The van der Waals surface area contributed by atoms with Gasteiger partial charge in [-0.2, -0.15) is 0 Å². The largest absolute Gasteiger partial charge is 0.0530 e. The summed E-state index contributed by atoms with van der Waals surface area (Å²) in [6.07, 6.45) is 17.5. The van der Waals surface area contributed by atoms with Gasteiger partial charge in [-0.3, -0.25) is 0 Å². The molecule has 17 heavy (non-hydrogen) atoms. The molecule has 0 amide bonds. The second-order valence-corrected chi connectivity index (χ2v) is 7.55. The fourth-order valence-corrected chi connectivity index (χ4v) is 6.45. The Balaban J connectivity index is 1.56. The van der Waals surface area contributed by atoms with Crippen molar-refractivity contribution in [3.63, 3.8) is 0 Å². The van der Waals surface area contributed by atoms with Gasteiger partial charge in [0.05, 0.1) is 0 Å². The lowest BCUT2D eigenvalue weighted by molar-refractivity contribution is -0.0184. The zero-order chi connectivity index (χ0) is 11.2. The lowest BCUT2D eigenvalue weighted by Gasteiger charge is -2.51. The first-order valence-corrected chi connectivity index (χ1v) is 8.43. The highest BCUT2D eigenvalue weighted by Crippen LogP contribution is 2.57. The third-order valence-electron chi connectivity index (χ3n) is 7.08. The van der Waals surface area contributed by atoms with E-state index in [9.17, 15) is 0 Å². The molecule has 4 rings (SSSR count). The molecule has 0 heterocycles. The van der Waals surface area contributed by atoms with Crippen LogP contribution in [0.2, 0.25) is 0 Å². The summed E-state index contributed by atoms with van der Waals surface area (Å²) in [5.41, 5.74) is 0. The molecule has 0 N–H and O–H groups in total. The van der Waals surface area contributed by atoms with Crippen molar-refractivity contribution in [2.24, 2.45) is 35.5 Å². The molecule has 0 saturated heterocycles. The highest BCUT2D eigenvalue weighted by Gasteiger charge is 2.48. The Bertz CT molecular complexity index is 282. The average molecular weight is 232 g/mol. The fourth-order valence-electron chi connectivity index (χ4n) is 6.45. The first-order valence-electron chi connectivity index (χ1n) is 8.43. The van der Waals surface area contributed by atoms with Crippen LogP contribution in [0, 0.1) is 35.5 Å². The van der Waals surface area contributed by atoms with E-state index >= 15 is 0 Å². The predicted molar refractivity (Wildman–Crippen MR) is 71.7 cm³/mol. The molecule has 0 aliphatic heterocycles. The molecule has 0 bridgehead atoms. The van der Waals surface area contributed by atoms with Crippen molar-refractivity contribution in [3.05, 3.63) is 0 Å². The first kappa shape index (κ1) is 10.9. The lowest BCUT2D eigenvalue weighted by Crippen LogP contribution is -2.43. The molecule has 4 unspecified atom stereocenters. The normalized spacial score (nSPS) is 53.6. The molecule has 4 aliphatic carbocycles. The van der Waals surface area contributed by atoms with Crippen LogP contribution in [0.5, 0.6) is 0 Å². The molecular weight excluding hydrogens is 204 g/mol. The van der Waals surface area contributed by atoms with E-state index in [-0.39, 0.29) is 0 Å². The molecule has 4 aliphatic rings. The van der Waals surface area contributed by atoms with Crippen LogP contribution in [0.3, 0.4) is 0 Å². The maximum Gasteiger partial charge on any atom is -0.0352 e. The molecule has 96 valence electrons. The molecule has 0 aromatic heterocycles. The van der Waals surface area contributed by atoms with Gasteiger partial charge < -0.3 is 0 Å². The van der Waals surface area contributed by atoms with Crippen molar-refractivity contribution in [2.45, 2.75) is 70.6 Å². The summed E-state index contributed by atoms with van der Waals surface area (Å²) in [4.78, 5) is 0. The fraction of sp³-hybridized carbons (Fsp3) is 1.00. The molecule has 0 aromatic carbocycles. The first-order chi connectivity index (χ1) is 8.43. The number of hydrogen-bond donors (Lipinski definition) is 0. The molecular formula is C17H28. The minimum absolute atomic E-state index is 1.16. The minimum Gasteiger partial charge on any atom is -0.0530 e. The summed E-state index contributed by atoms with van der Waals surface area (Å²) in [5.74, 6) is 7.02. The number of hydrogen-bond acceptors (Lipinski definition) is 0. The van der Waals surface area contributed by atoms with E-state index in [4.69, 9.17) is 0 Å². The second kappa shape index (κ2) is 4.28. The monoisotopic (exact) mass is 232 g/mol. The summed E-state index contributed by atoms with van der Waals surface area (Å²) in [5, 5.41) is 0. The quantitative estimate of drug-likeness (QED) is 0.549. The van der Waals surface area contributed by atoms with Gasteiger partial charge in [0.25, 0.3) is 0 Å². The molecule has 4 fully saturated rings. The Morgan fingerprint density at radius 1 is 0.353 bits per heavy atom. The standard InChI is InChI=1S/C17H28/c1-2-6-14-12(4-1)8-10-17-15-7-3-5-13(15)9-11-16(14)17/h12-17H,1-11H2/t12-,13?,14-,15?,16?,17?/m0/s1. The molecule has 0 spiro atoms. The van der Waals surface area contributed by atoms with Gasteiger partial charge in [0.2, 0.25) is 0 Å². The zero-order valence-corrected chi connectivity index (χ0v) is 11.2. The maximum atomic E-state index is 1.62. The van der Waals surface area contributed by atoms with Crippen molar-refractivity contribution in [3.8, 4) is 0 Å². The van der Waals surface area contributed by atoms with E-state index in [1.54, 1.807) is 70.6 Å². The van der Waals surface area contributed by atoms with Gasteiger partial charge in [-0.05, 0) is 74.0 Å². The summed E-state index contributed by atoms with van der Waals surface area (Å²) in [6, 6.07) is 0. The molecule has 0 radical (unpaired) electrons.